The minimum absolute atomic E-state index is 0.194. The van der Waals surface area contributed by atoms with Gasteiger partial charge in [-0.2, -0.15) is 0 Å². The number of hydrogen-bond donors (Lipinski definition) is 0. The number of thiophene rings is 1. The molecule has 3 nitrogen and oxygen atoms in total. The summed E-state index contributed by atoms with van der Waals surface area (Å²) in [6.45, 7) is 5.38. The highest BCUT2D eigenvalue weighted by atomic mass is 32.1. The van der Waals surface area contributed by atoms with Crippen LogP contribution in [0, 0.1) is 0 Å². The van der Waals surface area contributed by atoms with Crippen molar-refractivity contribution in [3.63, 3.8) is 0 Å². The SMILES string of the molecule is O=C(Cc1cccs1)c1ccc(N2CCN(CCc3ccccc3)CC2)cc1. The molecule has 2 heterocycles. The summed E-state index contributed by atoms with van der Waals surface area (Å²) in [5.74, 6) is 0.194. The Kier molecular flexibility index (Phi) is 6.20. The van der Waals surface area contributed by atoms with Gasteiger partial charge in [0, 0.05) is 55.3 Å². The average Bonchev–Trinajstić information content (AvgIpc) is 3.26. The van der Waals surface area contributed by atoms with E-state index in [4.69, 9.17) is 0 Å². The zero-order chi connectivity index (χ0) is 19.2. The Morgan fingerprint density at radius 2 is 1.61 bits per heavy atom. The molecule has 3 aromatic rings. The smallest absolute Gasteiger partial charge is 0.168 e. The fraction of sp³-hybridized carbons (Fsp3) is 0.292. The Morgan fingerprint density at radius 1 is 0.857 bits per heavy atom. The van der Waals surface area contributed by atoms with Crippen molar-refractivity contribution in [2.75, 3.05) is 37.6 Å². The van der Waals surface area contributed by atoms with E-state index < -0.39 is 0 Å². The summed E-state index contributed by atoms with van der Waals surface area (Å²) in [4.78, 5) is 18.5. The van der Waals surface area contributed by atoms with E-state index in [0.717, 1.165) is 49.6 Å². The predicted octanol–water partition coefficient (Wildman–Crippen LogP) is 4.54. The zero-order valence-electron chi connectivity index (χ0n) is 16.1. The molecular weight excluding hydrogens is 364 g/mol. The molecule has 0 bridgehead atoms. The number of hydrogen-bond acceptors (Lipinski definition) is 4. The summed E-state index contributed by atoms with van der Waals surface area (Å²) in [6.07, 6.45) is 1.61. The maximum atomic E-state index is 12.4. The molecule has 0 N–H and O–H groups in total. The number of rotatable bonds is 7. The molecule has 4 rings (SSSR count). The van der Waals surface area contributed by atoms with Gasteiger partial charge in [-0.3, -0.25) is 9.69 Å². The molecule has 144 valence electrons. The van der Waals surface area contributed by atoms with Gasteiger partial charge in [0.2, 0.25) is 0 Å². The first-order valence-corrected chi connectivity index (χ1v) is 10.8. The molecular formula is C24H26N2OS. The van der Waals surface area contributed by atoms with Crippen molar-refractivity contribution in [3.05, 3.63) is 88.1 Å². The third kappa shape index (κ3) is 4.89. The van der Waals surface area contributed by atoms with E-state index in [0.29, 0.717) is 6.42 Å². The van der Waals surface area contributed by atoms with Gasteiger partial charge in [-0.1, -0.05) is 36.4 Å². The van der Waals surface area contributed by atoms with Crippen LogP contribution in [0.25, 0.3) is 0 Å². The zero-order valence-corrected chi connectivity index (χ0v) is 16.9. The van der Waals surface area contributed by atoms with Gasteiger partial charge in [0.15, 0.2) is 5.78 Å². The summed E-state index contributed by atoms with van der Waals surface area (Å²) in [6, 6.07) is 22.9. The molecule has 1 aliphatic heterocycles. The lowest BCUT2D eigenvalue weighted by atomic mass is 10.1. The standard InChI is InChI=1S/C24H26N2OS/c27-24(19-23-7-4-18-28-23)21-8-10-22(11-9-21)26-16-14-25(15-17-26)13-12-20-5-2-1-3-6-20/h1-11,18H,12-17,19H2. The number of carbonyl (C=O) groups is 1. The van der Waals surface area contributed by atoms with Gasteiger partial charge in [-0.15, -0.1) is 11.3 Å². The minimum atomic E-state index is 0.194. The van der Waals surface area contributed by atoms with Crippen molar-refractivity contribution in [2.45, 2.75) is 12.8 Å². The third-order valence-corrected chi connectivity index (χ3v) is 6.28. The van der Waals surface area contributed by atoms with Crippen LogP contribution in [0.3, 0.4) is 0 Å². The van der Waals surface area contributed by atoms with E-state index in [1.165, 1.54) is 11.3 Å². The molecule has 0 radical (unpaired) electrons. The maximum absolute atomic E-state index is 12.4. The number of ketones is 1. The molecule has 1 aromatic heterocycles. The Labute approximate surface area is 171 Å². The fourth-order valence-electron chi connectivity index (χ4n) is 3.69. The number of Topliss-reactive ketones (excluding diaryl/α,β-unsaturated/α-hetero) is 1. The summed E-state index contributed by atoms with van der Waals surface area (Å²) in [5, 5.41) is 2.02. The normalized spacial score (nSPS) is 14.9. The monoisotopic (exact) mass is 390 g/mol. The van der Waals surface area contributed by atoms with Gasteiger partial charge in [-0.05, 0) is 47.7 Å². The van der Waals surface area contributed by atoms with E-state index in [9.17, 15) is 4.79 Å². The van der Waals surface area contributed by atoms with Gasteiger partial charge in [0.05, 0.1) is 0 Å². The van der Waals surface area contributed by atoms with Crippen LogP contribution in [-0.2, 0) is 12.8 Å². The third-order valence-electron chi connectivity index (χ3n) is 5.40. The number of piperazine rings is 1. The highest BCUT2D eigenvalue weighted by Crippen LogP contribution is 2.19. The molecule has 0 unspecified atom stereocenters. The first-order chi connectivity index (χ1) is 13.8. The second-order valence-electron chi connectivity index (χ2n) is 7.29. The van der Waals surface area contributed by atoms with E-state index in [1.54, 1.807) is 11.3 Å². The number of benzene rings is 2. The molecule has 1 saturated heterocycles. The van der Waals surface area contributed by atoms with Gasteiger partial charge < -0.3 is 4.90 Å². The quantitative estimate of drug-likeness (QED) is 0.554. The fourth-order valence-corrected chi connectivity index (χ4v) is 4.40. The minimum Gasteiger partial charge on any atom is -0.369 e. The highest BCUT2D eigenvalue weighted by Gasteiger charge is 2.17. The maximum Gasteiger partial charge on any atom is 0.168 e. The topological polar surface area (TPSA) is 23.6 Å². The molecule has 2 aromatic carbocycles. The van der Waals surface area contributed by atoms with E-state index in [-0.39, 0.29) is 5.78 Å². The van der Waals surface area contributed by atoms with E-state index >= 15 is 0 Å². The van der Waals surface area contributed by atoms with Crippen LogP contribution in [-0.4, -0.2) is 43.4 Å². The molecule has 1 aliphatic rings. The second-order valence-corrected chi connectivity index (χ2v) is 8.32. The van der Waals surface area contributed by atoms with E-state index in [1.807, 2.05) is 29.6 Å². The number of anilines is 1. The molecule has 0 amide bonds. The van der Waals surface area contributed by atoms with Gasteiger partial charge in [0.25, 0.3) is 0 Å². The Hall–Kier alpha value is -2.43. The van der Waals surface area contributed by atoms with Crippen molar-refractivity contribution >= 4 is 22.8 Å². The van der Waals surface area contributed by atoms with Crippen molar-refractivity contribution < 1.29 is 4.79 Å². The number of carbonyl (C=O) groups excluding carboxylic acids is 1. The Bertz CT molecular complexity index is 867. The van der Waals surface area contributed by atoms with Crippen LogP contribution in [0.2, 0.25) is 0 Å². The molecule has 0 saturated carbocycles. The Morgan fingerprint density at radius 3 is 2.29 bits per heavy atom. The summed E-state index contributed by atoms with van der Waals surface area (Å²) >= 11 is 1.64. The summed E-state index contributed by atoms with van der Waals surface area (Å²) in [5.41, 5.74) is 3.43. The first kappa shape index (κ1) is 18.9. The van der Waals surface area contributed by atoms with Gasteiger partial charge in [-0.25, -0.2) is 0 Å². The van der Waals surface area contributed by atoms with Crippen LogP contribution < -0.4 is 4.90 Å². The lowest BCUT2D eigenvalue weighted by molar-refractivity contribution is 0.0994. The van der Waals surface area contributed by atoms with Crippen molar-refractivity contribution in [1.82, 2.24) is 4.90 Å². The summed E-state index contributed by atoms with van der Waals surface area (Å²) in [7, 11) is 0. The molecule has 4 heteroatoms. The van der Waals surface area contributed by atoms with Crippen molar-refractivity contribution in [3.8, 4) is 0 Å². The highest BCUT2D eigenvalue weighted by molar-refractivity contribution is 7.10. The van der Waals surface area contributed by atoms with Crippen LogP contribution >= 0.6 is 11.3 Å². The van der Waals surface area contributed by atoms with Gasteiger partial charge in [0.1, 0.15) is 0 Å². The molecule has 28 heavy (non-hydrogen) atoms. The lowest BCUT2D eigenvalue weighted by Gasteiger charge is -2.36. The second kappa shape index (κ2) is 9.18. The average molecular weight is 391 g/mol. The first-order valence-electron chi connectivity index (χ1n) is 9.95. The van der Waals surface area contributed by atoms with Crippen LogP contribution in [0.15, 0.2) is 72.1 Å². The summed E-state index contributed by atoms with van der Waals surface area (Å²) < 4.78 is 0. The van der Waals surface area contributed by atoms with Gasteiger partial charge >= 0.3 is 0 Å². The largest absolute Gasteiger partial charge is 0.369 e. The molecule has 0 spiro atoms. The predicted molar refractivity (Wildman–Crippen MR) is 118 cm³/mol. The molecule has 0 aliphatic carbocycles. The van der Waals surface area contributed by atoms with Crippen LogP contribution in [0.4, 0.5) is 5.69 Å². The van der Waals surface area contributed by atoms with E-state index in [2.05, 4.69) is 52.3 Å². The van der Waals surface area contributed by atoms with Crippen LogP contribution in [0.5, 0.6) is 0 Å². The molecule has 1 fully saturated rings. The number of nitrogens with zero attached hydrogens (tertiary/aromatic N) is 2. The van der Waals surface area contributed by atoms with Crippen molar-refractivity contribution in [1.29, 1.82) is 0 Å². The van der Waals surface area contributed by atoms with Crippen LogP contribution in [0.1, 0.15) is 20.8 Å². The van der Waals surface area contributed by atoms with Crippen molar-refractivity contribution in [2.24, 2.45) is 0 Å². The molecule has 0 atom stereocenters. The lowest BCUT2D eigenvalue weighted by Crippen LogP contribution is -2.47. The Balaban J connectivity index is 1.27.